The van der Waals surface area contributed by atoms with Crippen molar-refractivity contribution in [2.24, 2.45) is 0 Å². The molecule has 0 aliphatic carbocycles. The van der Waals surface area contributed by atoms with Gasteiger partial charge in [-0.3, -0.25) is 4.55 Å². The van der Waals surface area contributed by atoms with Crippen molar-refractivity contribution >= 4 is 96.3 Å². The van der Waals surface area contributed by atoms with E-state index in [9.17, 15) is 13.0 Å². The van der Waals surface area contributed by atoms with E-state index in [4.69, 9.17) is 0 Å². The van der Waals surface area contributed by atoms with Crippen LogP contribution in [0.3, 0.4) is 0 Å². The molecule has 3 nitrogen and oxygen atoms in total. The monoisotopic (exact) mass is 600 g/mol. The second kappa shape index (κ2) is 9.73. The van der Waals surface area contributed by atoms with E-state index >= 15 is 0 Å². The molecular weight excluding hydrogens is 573 g/mol. The van der Waals surface area contributed by atoms with Crippen LogP contribution in [0.25, 0.3) is 86.2 Å². The van der Waals surface area contributed by atoms with Crippen molar-refractivity contribution < 1.29 is 13.0 Å². The zero-order chi connectivity index (χ0) is 30.3. The zero-order valence-corrected chi connectivity index (χ0v) is 25.2. The Bertz CT molecular complexity index is 2820. The SMILES string of the molecule is O=S(=O)(O)CCCc1cccc2cc3cc4cc5ccc6cc7cc8cc9ccccc9cc8cc7cc6c5cc4cc3cc12. The zero-order valence-electron chi connectivity index (χ0n) is 24.4. The summed E-state index contributed by atoms with van der Waals surface area (Å²) in [5, 5.41) is 19.4. The second-order valence-electron chi connectivity index (χ2n) is 12.4. The first-order valence-electron chi connectivity index (χ1n) is 15.3. The Hall–Kier alpha value is -5.03. The minimum absolute atomic E-state index is 0.231. The Morgan fingerprint density at radius 2 is 0.778 bits per heavy atom. The van der Waals surface area contributed by atoms with Gasteiger partial charge in [-0.25, -0.2) is 0 Å². The van der Waals surface area contributed by atoms with Crippen LogP contribution in [0.5, 0.6) is 0 Å². The largest absolute Gasteiger partial charge is 0.286 e. The maximum absolute atomic E-state index is 11.3. The molecule has 9 aromatic rings. The van der Waals surface area contributed by atoms with Gasteiger partial charge in [0.2, 0.25) is 0 Å². The predicted molar refractivity (Wildman–Crippen MR) is 191 cm³/mol. The molecule has 0 atom stereocenters. The van der Waals surface area contributed by atoms with Crippen molar-refractivity contribution in [1.29, 1.82) is 0 Å². The van der Waals surface area contributed by atoms with Gasteiger partial charge in [-0.1, -0.05) is 54.6 Å². The van der Waals surface area contributed by atoms with Gasteiger partial charge in [-0.05, 0) is 177 Å². The molecule has 1 N–H and O–H groups in total. The van der Waals surface area contributed by atoms with E-state index in [0.29, 0.717) is 12.8 Å². The molecule has 0 unspecified atom stereocenters. The molecule has 0 amide bonds. The highest BCUT2D eigenvalue weighted by molar-refractivity contribution is 7.85. The molecule has 45 heavy (non-hydrogen) atoms. The van der Waals surface area contributed by atoms with E-state index in [2.05, 4.69) is 121 Å². The lowest BCUT2D eigenvalue weighted by atomic mass is 9.92. The second-order valence-corrected chi connectivity index (χ2v) is 14.0. The summed E-state index contributed by atoms with van der Waals surface area (Å²) in [4.78, 5) is 0. The summed E-state index contributed by atoms with van der Waals surface area (Å²) < 4.78 is 31.7. The fourth-order valence-electron chi connectivity index (χ4n) is 7.26. The van der Waals surface area contributed by atoms with E-state index in [1.165, 1.54) is 70.0 Å². The third kappa shape index (κ3) is 4.57. The summed E-state index contributed by atoms with van der Waals surface area (Å²) in [6.45, 7) is 0. The summed E-state index contributed by atoms with van der Waals surface area (Å²) >= 11 is 0. The number of hydrogen-bond donors (Lipinski definition) is 1. The van der Waals surface area contributed by atoms with Crippen molar-refractivity contribution in [3.63, 3.8) is 0 Å². The van der Waals surface area contributed by atoms with Crippen molar-refractivity contribution in [2.45, 2.75) is 12.8 Å². The van der Waals surface area contributed by atoms with Crippen LogP contribution in [0.4, 0.5) is 0 Å². The number of benzene rings is 9. The molecule has 9 rings (SSSR count). The molecule has 0 heterocycles. The Labute approximate surface area is 260 Å². The van der Waals surface area contributed by atoms with Gasteiger partial charge in [-0.2, -0.15) is 8.42 Å². The van der Waals surface area contributed by atoms with Gasteiger partial charge in [0.25, 0.3) is 10.1 Å². The van der Waals surface area contributed by atoms with Crippen LogP contribution in [0.15, 0.2) is 127 Å². The third-order valence-corrected chi connectivity index (χ3v) is 10.3. The van der Waals surface area contributed by atoms with Crippen molar-refractivity contribution in [2.75, 3.05) is 5.75 Å². The molecule has 0 saturated carbocycles. The normalized spacial score (nSPS) is 12.6. The van der Waals surface area contributed by atoms with Crippen LogP contribution in [0.1, 0.15) is 12.0 Å². The lowest BCUT2D eigenvalue weighted by Gasteiger charge is -2.12. The van der Waals surface area contributed by atoms with Crippen molar-refractivity contribution in [3.8, 4) is 0 Å². The van der Waals surface area contributed by atoms with E-state index in [1.54, 1.807) is 0 Å². The van der Waals surface area contributed by atoms with E-state index in [-0.39, 0.29) is 5.75 Å². The molecular formula is C41H28O3S. The molecule has 0 aliphatic rings. The Balaban J connectivity index is 1.21. The van der Waals surface area contributed by atoms with E-state index in [0.717, 1.165) is 21.7 Å². The Kier molecular flexibility index (Phi) is 5.71. The van der Waals surface area contributed by atoms with Gasteiger partial charge in [0.1, 0.15) is 0 Å². The fraction of sp³-hybridized carbons (Fsp3) is 0.0732. The molecule has 0 spiro atoms. The van der Waals surface area contributed by atoms with E-state index < -0.39 is 10.1 Å². The van der Waals surface area contributed by atoms with Gasteiger partial charge in [0.05, 0.1) is 5.75 Å². The van der Waals surface area contributed by atoms with E-state index in [1.807, 2.05) is 6.07 Å². The highest BCUT2D eigenvalue weighted by Crippen LogP contribution is 2.36. The lowest BCUT2D eigenvalue weighted by Crippen LogP contribution is -2.04. The van der Waals surface area contributed by atoms with Gasteiger partial charge in [0, 0.05) is 0 Å². The summed E-state index contributed by atoms with van der Waals surface area (Å²) in [6.07, 6.45) is 0.972. The average Bonchev–Trinajstić information content (AvgIpc) is 3.02. The average molecular weight is 601 g/mol. The first-order valence-corrected chi connectivity index (χ1v) is 16.9. The third-order valence-electron chi connectivity index (χ3n) is 9.46. The van der Waals surface area contributed by atoms with Crippen LogP contribution in [0, 0.1) is 0 Å². The summed E-state index contributed by atoms with van der Waals surface area (Å²) in [5.41, 5.74) is 1.09. The van der Waals surface area contributed by atoms with Gasteiger partial charge < -0.3 is 0 Å². The lowest BCUT2D eigenvalue weighted by molar-refractivity contribution is 0.481. The topological polar surface area (TPSA) is 54.4 Å². The first kappa shape index (κ1) is 26.4. The van der Waals surface area contributed by atoms with Gasteiger partial charge >= 0.3 is 0 Å². The molecule has 0 saturated heterocycles. The molecule has 0 radical (unpaired) electrons. The molecule has 216 valence electrons. The number of aryl methyl sites for hydroxylation is 1. The molecule has 9 aromatic carbocycles. The minimum atomic E-state index is -3.97. The maximum Gasteiger partial charge on any atom is 0.264 e. The standard InChI is InChI=1S/C41H28O3S/c42-45(43,44)12-4-9-25-7-3-8-28-15-33-19-35-17-30-11-10-29-16-34-18-31-13-26-5-1-2-6-27(26)14-32(31)20-37(34)23-40(29)41(30)24-38(35)21-36(33)22-39(25)28/h1-3,5-8,10-11,13-24H,4,9,12H2,(H,42,43,44). The summed E-state index contributed by atoms with van der Waals surface area (Å²) in [5.74, 6) is -0.231. The van der Waals surface area contributed by atoms with Crippen LogP contribution >= 0.6 is 0 Å². The highest BCUT2D eigenvalue weighted by atomic mass is 32.2. The summed E-state index contributed by atoms with van der Waals surface area (Å²) in [7, 11) is -3.97. The first-order chi connectivity index (χ1) is 21.8. The predicted octanol–water partition coefficient (Wildman–Crippen LogP) is 10.7. The van der Waals surface area contributed by atoms with Crippen LogP contribution in [0.2, 0.25) is 0 Å². The molecule has 0 fully saturated rings. The van der Waals surface area contributed by atoms with Crippen LogP contribution < -0.4 is 0 Å². The quantitative estimate of drug-likeness (QED) is 0.124. The smallest absolute Gasteiger partial charge is 0.264 e. The van der Waals surface area contributed by atoms with Gasteiger partial charge in [-0.15, -0.1) is 0 Å². The molecule has 0 aliphatic heterocycles. The minimum Gasteiger partial charge on any atom is -0.286 e. The number of hydrogen-bond acceptors (Lipinski definition) is 2. The fourth-order valence-corrected chi connectivity index (χ4v) is 7.77. The van der Waals surface area contributed by atoms with Crippen molar-refractivity contribution in [3.05, 3.63) is 133 Å². The van der Waals surface area contributed by atoms with Gasteiger partial charge in [0.15, 0.2) is 0 Å². The molecule has 0 aromatic heterocycles. The maximum atomic E-state index is 11.3. The Morgan fingerprint density at radius 1 is 0.400 bits per heavy atom. The molecule has 0 bridgehead atoms. The van der Waals surface area contributed by atoms with Crippen molar-refractivity contribution in [1.82, 2.24) is 0 Å². The number of fused-ring (bicyclic) bond motifs is 9. The van der Waals surface area contributed by atoms with Crippen LogP contribution in [-0.4, -0.2) is 18.7 Å². The Morgan fingerprint density at radius 3 is 1.27 bits per heavy atom. The molecule has 4 heteroatoms. The van der Waals surface area contributed by atoms with Crippen LogP contribution in [-0.2, 0) is 16.5 Å². The highest BCUT2D eigenvalue weighted by Gasteiger charge is 2.11. The number of rotatable bonds is 4. The summed E-state index contributed by atoms with van der Waals surface area (Å²) in [6, 6.07) is 46.7.